The number of aryl methyl sites for hydroxylation is 1. The molecule has 1 saturated heterocycles. The fourth-order valence-corrected chi connectivity index (χ4v) is 4.31. The fourth-order valence-electron chi connectivity index (χ4n) is 4.31. The molecule has 1 atom stereocenters. The second-order valence-electron chi connectivity index (χ2n) is 7.82. The highest BCUT2D eigenvalue weighted by Gasteiger charge is 2.36. The first kappa shape index (κ1) is 17.8. The minimum Gasteiger partial charge on any atom is -0.339 e. The quantitative estimate of drug-likeness (QED) is 0.815. The van der Waals surface area contributed by atoms with Gasteiger partial charge >= 0.3 is 0 Å². The standard InChI is InChI=1S/C23H26N2O2/c1-16-7-9-18(10-8-16)22(26)24-13-11-19(12-14-24)23(27)25-17(2)15-20-5-3-4-6-21(20)25/h3-10,17,19H,11-15H2,1-2H3. The normalized spacial score (nSPS) is 19.9. The van der Waals surface area contributed by atoms with E-state index in [4.69, 9.17) is 0 Å². The van der Waals surface area contributed by atoms with Crippen LogP contribution in [0.25, 0.3) is 0 Å². The minimum absolute atomic E-state index is 0.000624. The first-order valence-electron chi connectivity index (χ1n) is 9.81. The van der Waals surface area contributed by atoms with Crippen molar-refractivity contribution in [2.45, 2.75) is 39.2 Å². The van der Waals surface area contributed by atoms with E-state index in [-0.39, 0.29) is 23.8 Å². The van der Waals surface area contributed by atoms with Crippen LogP contribution in [0.1, 0.15) is 41.3 Å². The minimum atomic E-state index is 0.000624. The van der Waals surface area contributed by atoms with Gasteiger partial charge in [-0.25, -0.2) is 0 Å². The van der Waals surface area contributed by atoms with Crippen molar-refractivity contribution in [2.75, 3.05) is 18.0 Å². The Hall–Kier alpha value is -2.62. The molecule has 4 nitrogen and oxygen atoms in total. The zero-order valence-electron chi connectivity index (χ0n) is 16.0. The number of rotatable bonds is 2. The summed E-state index contributed by atoms with van der Waals surface area (Å²) in [6, 6.07) is 16.1. The Balaban J connectivity index is 1.41. The van der Waals surface area contributed by atoms with Gasteiger partial charge in [0.05, 0.1) is 0 Å². The molecule has 1 fully saturated rings. The Morgan fingerprint density at radius 3 is 2.33 bits per heavy atom. The number of likely N-dealkylation sites (tertiary alicyclic amines) is 1. The Labute approximate surface area is 160 Å². The molecule has 140 valence electrons. The summed E-state index contributed by atoms with van der Waals surface area (Å²) in [4.78, 5) is 29.7. The van der Waals surface area contributed by atoms with Crippen LogP contribution in [-0.2, 0) is 11.2 Å². The number of amides is 2. The number of piperidine rings is 1. The van der Waals surface area contributed by atoms with E-state index in [1.165, 1.54) is 5.56 Å². The zero-order valence-corrected chi connectivity index (χ0v) is 16.0. The summed E-state index contributed by atoms with van der Waals surface area (Å²) in [5, 5.41) is 0. The summed E-state index contributed by atoms with van der Waals surface area (Å²) < 4.78 is 0. The number of nitrogens with zero attached hydrogens (tertiary/aromatic N) is 2. The molecule has 2 aromatic rings. The summed E-state index contributed by atoms with van der Waals surface area (Å²) >= 11 is 0. The highest BCUT2D eigenvalue weighted by molar-refractivity contribution is 5.98. The Kier molecular flexibility index (Phi) is 4.73. The van der Waals surface area contributed by atoms with Crippen LogP contribution >= 0.6 is 0 Å². The highest BCUT2D eigenvalue weighted by Crippen LogP contribution is 2.34. The van der Waals surface area contributed by atoms with E-state index in [0.717, 1.165) is 36.1 Å². The van der Waals surface area contributed by atoms with Gasteiger partial charge in [0.15, 0.2) is 0 Å². The summed E-state index contributed by atoms with van der Waals surface area (Å²) in [6.07, 6.45) is 2.40. The first-order chi connectivity index (χ1) is 13.0. The average Bonchev–Trinajstić information content (AvgIpc) is 3.03. The van der Waals surface area contributed by atoms with Gasteiger partial charge in [-0.2, -0.15) is 0 Å². The van der Waals surface area contributed by atoms with Gasteiger partial charge in [-0.15, -0.1) is 0 Å². The lowest BCUT2D eigenvalue weighted by molar-refractivity contribution is -0.124. The van der Waals surface area contributed by atoms with Gasteiger partial charge in [0.25, 0.3) is 5.91 Å². The van der Waals surface area contributed by atoms with Gasteiger partial charge in [-0.1, -0.05) is 35.9 Å². The first-order valence-corrected chi connectivity index (χ1v) is 9.81. The van der Waals surface area contributed by atoms with Crippen LogP contribution in [0.15, 0.2) is 48.5 Å². The van der Waals surface area contributed by atoms with Gasteiger partial charge in [-0.3, -0.25) is 9.59 Å². The number of anilines is 1. The molecule has 0 spiro atoms. The van der Waals surface area contributed by atoms with Gasteiger partial charge in [-0.05, 0) is 56.9 Å². The summed E-state index contributed by atoms with van der Waals surface area (Å²) in [5.41, 5.74) is 4.20. The molecule has 0 aliphatic carbocycles. The Morgan fingerprint density at radius 1 is 0.963 bits per heavy atom. The molecule has 0 N–H and O–H groups in total. The Morgan fingerprint density at radius 2 is 1.63 bits per heavy atom. The molecule has 0 radical (unpaired) electrons. The van der Waals surface area contributed by atoms with Crippen molar-refractivity contribution in [3.8, 4) is 0 Å². The molecule has 0 saturated carbocycles. The maximum absolute atomic E-state index is 13.2. The van der Waals surface area contributed by atoms with Crippen molar-refractivity contribution in [3.63, 3.8) is 0 Å². The largest absolute Gasteiger partial charge is 0.339 e. The number of para-hydroxylation sites is 1. The molecule has 2 aromatic carbocycles. The molecule has 0 bridgehead atoms. The zero-order chi connectivity index (χ0) is 19.0. The highest BCUT2D eigenvalue weighted by atomic mass is 16.2. The monoisotopic (exact) mass is 362 g/mol. The van der Waals surface area contributed by atoms with Crippen LogP contribution in [0.2, 0.25) is 0 Å². The van der Waals surface area contributed by atoms with Crippen LogP contribution in [-0.4, -0.2) is 35.8 Å². The maximum atomic E-state index is 13.2. The summed E-state index contributed by atoms with van der Waals surface area (Å²) in [5.74, 6) is 0.288. The Bertz CT molecular complexity index is 851. The SMILES string of the molecule is Cc1ccc(C(=O)N2CCC(C(=O)N3c4ccccc4CC3C)CC2)cc1. The predicted octanol–water partition coefficient (Wildman–Crippen LogP) is 3.83. The molecule has 27 heavy (non-hydrogen) atoms. The number of carbonyl (C=O) groups is 2. The number of carbonyl (C=O) groups excluding carboxylic acids is 2. The lowest BCUT2D eigenvalue weighted by atomic mass is 9.94. The predicted molar refractivity (Wildman–Crippen MR) is 107 cm³/mol. The van der Waals surface area contributed by atoms with E-state index in [0.29, 0.717) is 13.1 Å². The second kappa shape index (κ2) is 7.18. The molecule has 2 amide bonds. The van der Waals surface area contributed by atoms with Gasteiger partial charge in [0.1, 0.15) is 0 Å². The van der Waals surface area contributed by atoms with Crippen molar-refractivity contribution in [1.82, 2.24) is 4.90 Å². The van der Waals surface area contributed by atoms with Gasteiger partial charge in [0.2, 0.25) is 5.91 Å². The summed E-state index contributed by atoms with van der Waals surface area (Å²) in [6.45, 7) is 5.43. The molecule has 1 unspecified atom stereocenters. The van der Waals surface area contributed by atoms with E-state index >= 15 is 0 Å². The van der Waals surface area contributed by atoms with Crippen LogP contribution in [0, 0.1) is 12.8 Å². The topological polar surface area (TPSA) is 40.6 Å². The van der Waals surface area contributed by atoms with Crippen LogP contribution in [0.4, 0.5) is 5.69 Å². The number of hydrogen-bond acceptors (Lipinski definition) is 2. The third-order valence-electron chi connectivity index (χ3n) is 5.87. The third-order valence-corrected chi connectivity index (χ3v) is 5.87. The third kappa shape index (κ3) is 3.36. The van der Waals surface area contributed by atoms with Crippen molar-refractivity contribution >= 4 is 17.5 Å². The van der Waals surface area contributed by atoms with Crippen molar-refractivity contribution in [1.29, 1.82) is 0 Å². The van der Waals surface area contributed by atoms with Gasteiger partial charge < -0.3 is 9.80 Å². The molecule has 4 rings (SSSR count). The van der Waals surface area contributed by atoms with Crippen molar-refractivity contribution in [3.05, 3.63) is 65.2 Å². The van der Waals surface area contributed by atoms with Crippen LogP contribution < -0.4 is 4.90 Å². The molecular weight excluding hydrogens is 336 g/mol. The number of fused-ring (bicyclic) bond motifs is 1. The van der Waals surface area contributed by atoms with E-state index < -0.39 is 0 Å². The number of benzene rings is 2. The summed E-state index contributed by atoms with van der Waals surface area (Å²) in [7, 11) is 0. The molecule has 2 aliphatic rings. The van der Waals surface area contributed by atoms with E-state index in [1.807, 2.05) is 59.2 Å². The average molecular weight is 362 g/mol. The lowest BCUT2D eigenvalue weighted by Gasteiger charge is -2.34. The fraction of sp³-hybridized carbons (Fsp3) is 0.391. The molecular formula is C23H26N2O2. The van der Waals surface area contributed by atoms with E-state index in [1.54, 1.807) is 0 Å². The molecule has 0 aromatic heterocycles. The van der Waals surface area contributed by atoms with Crippen molar-refractivity contribution < 1.29 is 9.59 Å². The molecule has 4 heteroatoms. The van der Waals surface area contributed by atoms with Crippen LogP contribution in [0.3, 0.4) is 0 Å². The maximum Gasteiger partial charge on any atom is 0.253 e. The number of hydrogen-bond donors (Lipinski definition) is 0. The smallest absolute Gasteiger partial charge is 0.253 e. The lowest BCUT2D eigenvalue weighted by Crippen LogP contribution is -2.46. The molecule has 2 aliphatic heterocycles. The van der Waals surface area contributed by atoms with E-state index in [9.17, 15) is 9.59 Å². The second-order valence-corrected chi connectivity index (χ2v) is 7.82. The molecule has 2 heterocycles. The van der Waals surface area contributed by atoms with Crippen LogP contribution in [0.5, 0.6) is 0 Å². The van der Waals surface area contributed by atoms with E-state index in [2.05, 4.69) is 13.0 Å². The van der Waals surface area contributed by atoms with Crippen molar-refractivity contribution in [2.24, 2.45) is 5.92 Å². The van der Waals surface area contributed by atoms with Gasteiger partial charge in [0, 0.05) is 36.3 Å².